The molecule has 0 saturated carbocycles. The van der Waals surface area contributed by atoms with Crippen molar-refractivity contribution >= 4 is 161 Å². The van der Waals surface area contributed by atoms with E-state index in [1.54, 1.807) is 99.1 Å². The zero-order valence-electron chi connectivity index (χ0n) is 64.1. The maximum absolute atomic E-state index is 13.1. The second-order valence-electron chi connectivity index (χ2n) is 23.6. The fourth-order valence-electron chi connectivity index (χ4n) is 10.8. The summed E-state index contributed by atoms with van der Waals surface area (Å²) in [7, 11) is -3.61. The van der Waals surface area contributed by atoms with E-state index in [2.05, 4.69) is 55.6 Å². The number of phenolic OH excluding ortho intramolecular Hbond substituents is 2. The van der Waals surface area contributed by atoms with E-state index < -0.39 is 59.3 Å². The minimum Gasteiger partial charge on any atom is -0.512 e. The summed E-state index contributed by atoms with van der Waals surface area (Å²) in [6, 6.07) is 41.4. The predicted molar refractivity (Wildman–Crippen MR) is 449 cm³/mol. The van der Waals surface area contributed by atoms with E-state index in [0.717, 1.165) is 26.8 Å². The summed E-state index contributed by atoms with van der Waals surface area (Å²) in [5.74, 6) is -0.0231. The third kappa shape index (κ3) is 25.2. The van der Waals surface area contributed by atoms with Crippen LogP contribution >= 0.6 is 82.2 Å². The number of carbonyl (C=O) groups excluding carboxylic acids is 2. The van der Waals surface area contributed by atoms with Gasteiger partial charge in [-0.25, -0.2) is 0 Å². The number of nitriles is 2. The van der Waals surface area contributed by atoms with Crippen LogP contribution in [0.1, 0.15) is 29.5 Å². The number of aryl methyl sites for hydroxylation is 1. The molecule has 46 heteroatoms. The minimum absolute atomic E-state index is 0. The number of nitrogens with zero attached hydrogens (tertiary/aromatic N) is 9. The number of hydrogen-bond donors (Lipinski definition) is 2. The Balaban J connectivity index is 0.000000324. The van der Waals surface area contributed by atoms with E-state index in [9.17, 15) is 92.7 Å². The Hall–Kier alpha value is -11.9. The zero-order valence-corrected chi connectivity index (χ0v) is 75.7. The number of rotatable bonds is 14. The molecule has 8 aromatic carbocycles. The summed E-state index contributed by atoms with van der Waals surface area (Å²) in [5, 5.41) is 51.3. The number of aromatic hydroxyl groups is 2. The molecule has 5 heterocycles. The molecule has 12 aromatic rings. The molecule has 1 saturated heterocycles. The number of hydrogen-bond acceptors (Lipinski definition) is 24. The van der Waals surface area contributed by atoms with Gasteiger partial charge in [-0.05, 0) is 163 Å². The van der Waals surface area contributed by atoms with Crippen LogP contribution in [0.25, 0.3) is 65.8 Å². The van der Waals surface area contributed by atoms with Gasteiger partial charge in [0, 0.05) is 95.1 Å². The monoisotopic (exact) mass is 2040 g/mol. The number of fused-ring (bicyclic) bond motifs is 4. The molecule has 0 unspecified atom stereocenters. The average molecular weight is 2050 g/mol. The molecule has 1 aliphatic rings. The van der Waals surface area contributed by atoms with Crippen LogP contribution in [0.4, 0.5) is 26.3 Å². The fourth-order valence-corrected chi connectivity index (χ4v) is 12.4. The molecule has 4 aromatic heterocycles. The molecule has 0 radical (unpaired) electrons. The summed E-state index contributed by atoms with van der Waals surface area (Å²) >= 11 is 27.0. The fraction of sp³-hybridized carbons (Fsp3) is 0.143. The molecule has 13 rings (SSSR count). The molecule has 0 aliphatic carbocycles. The SMILES string of the molecule is BrB(Br)Br.COc1ccc(-n2cc(Cl)c3cc(OC)cc(C#N)c3c2=O)cc1.COc1ccc(-n2cc(Cl)c3cc(OC)cc(OS(=O)(=O)C(F)(F)F)c3c2=O)cc1.COc1ccc(-n2ccc3cc(OC)cc(OS(=O)(=O)C(F)(F)F)c3c2=O)cc1.Cc1cn(-c2ccc(O)cc2)c(=O)c2c(C#N)cc(O)cc12.O.O=C1CCC(=O)N1Cl.[C-]#N.[C-]#N.[Zn+2]. The molecule has 1 aliphatic heterocycles. The number of amides is 2. The Morgan fingerprint density at radius 3 is 1.13 bits per heavy atom. The van der Waals surface area contributed by atoms with Gasteiger partial charge in [0.1, 0.15) is 58.1 Å². The topological polar surface area (TPSA) is 435 Å². The van der Waals surface area contributed by atoms with Crippen molar-refractivity contribution in [3.05, 3.63) is 258 Å². The third-order valence-electron chi connectivity index (χ3n) is 16.4. The summed E-state index contributed by atoms with van der Waals surface area (Å²) in [5.41, 5.74) is -10.6. The number of carbonyl (C=O) groups is 2. The molecule has 0 bridgehead atoms. The van der Waals surface area contributed by atoms with Gasteiger partial charge in [-0.3, -0.25) is 47.0 Å². The van der Waals surface area contributed by atoms with Crippen LogP contribution in [0.5, 0.6) is 57.5 Å². The number of methoxy groups -OCH3 is 6. The summed E-state index contributed by atoms with van der Waals surface area (Å²) in [6.45, 7) is 11.3. The first-order valence-electron chi connectivity index (χ1n) is 33.0. The predicted octanol–water partition coefficient (Wildman–Crippen LogP) is 15.1. The first-order valence-corrected chi connectivity index (χ1v) is 39.7. The van der Waals surface area contributed by atoms with Gasteiger partial charge in [0.15, 0.2) is 11.5 Å². The van der Waals surface area contributed by atoms with E-state index >= 15 is 0 Å². The molecular formula is C77H58BBr3Cl3F6N9O21S2Zn. The average Bonchev–Trinajstić information content (AvgIpc) is 0.857. The number of phenols is 2. The van der Waals surface area contributed by atoms with Crippen LogP contribution in [0.15, 0.2) is 196 Å². The third-order valence-corrected chi connectivity index (χ3v) is 19.3. The quantitative estimate of drug-likeness (QED) is 0.0194. The Morgan fingerprint density at radius 1 is 0.447 bits per heavy atom. The van der Waals surface area contributed by atoms with Gasteiger partial charge in [0.05, 0.1) is 85.4 Å². The van der Waals surface area contributed by atoms with Crippen molar-refractivity contribution in [1.29, 1.82) is 21.0 Å². The molecule has 30 nitrogen and oxygen atoms in total. The van der Waals surface area contributed by atoms with Gasteiger partial charge in [0.25, 0.3) is 22.2 Å². The van der Waals surface area contributed by atoms with Gasteiger partial charge < -0.3 is 76.1 Å². The van der Waals surface area contributed by atoms with Crippen molar-refractivity contribution in [3.63, 3.8) is 0 Å². The van der Waals surface area contributed by atoms with Crippen molar-refractivity contribution in [1.82, 2.24) is 22.7 Å². The number of aromatic nitrogens is 4. The van der Waals surface area contributed by atoms with Gasteiger partial charge in [0.2, 0.25) is 11.8 Å². The second-order valence-corrected chi connectivity index (χ2v) is 34.2. The molecule has 4 N–H and O–H groups in total. The number of pyridine rings is 4. The minimum atomic E-state index is -6.05. The maximum Gasteiger partial charge on any atom is 2.00 e. The Kier molecular flexibility index (Phi) is 38.1. The van der Waals surface area contributed by atoms with Crippen molar-refractivity contribution < 1.29 is 125 Å². The van der Waals surface area contributed by atoms with Crippen molar-refractivity contribution in [3.8, 4) is 92.4 Å². The van der Waals surface area contributed by atoms with Crippen molar-refractivity contribution in [2.24, 2.45) is 0 Å². The van der Waals surface area contributed by atoms with Gasteiger partial charge >= 0.3 is 53.9 Å². The molecule has 0 atom stereocenters. The molecule has 2 amide bonds. The van der Waals surface area contributed by atoms with Crippen LogP contribution in [0, 0.1) is 53.3 Å². The van der Waals surface area contributed by atoms with Crippen LogP contribution in [0.3, 0.4) is 0 Å². The first-order chi connectivity index (χ1) is 57.1. The van der Waals surface area contributed by atoms with Crippen molar-refractivity contribution in [2.75, 3.05) is 42.7 Å². The standard InChI is InChI=1S/C18H13ClF3NO6S.C18H13ClN2O3.C18H14F3NO6S.C17H12N2O3.C4H4ClNO2.2CN.BBr3.H2O.Zn/c1-27-11-5-3-10(4-6-11)23-9-14(19)13-7-12(28-2)8-15(16(13)17(23)24)29-30(25,26)18(20,21)22;1-23-13-5-3-12(4-6-13)21-10-16(19)15-8-14(24-2)7-11(9-20)17(15)18(21)22;1-26-13-5-3-12(4-6-13)22-8-7-11-9-14(27-2)10-15(16(11)17(22)23)28-29(24,25)18(19,20)21;1-10-9-19(12-2-4-13(20)5-3-12)17(22)16-11(8-18)6-14(21)7-15(10)16;5-6-3(7)1-2-4(6)8;2*1-2;2-1(3)4;;/h3-9H,1-2H3;3-8,10H,1-2H3;3-10H,1-2H3;2-7,9,20-21H,1H3;1-2H2;;;;1H2;/q;;;;;2*-1;;;+2. The van der Waals surface area contributed by atoms with E-state index in [4.69, 9.17) is 87.1 Å². The Morgan fingerprint density at radius 2 is 0.764 bits per heavy atom. The summed E-state index contributed by atoms with van der Waals surface area (Å²) in [6.07, 6.45) is 6.36. The number of imide groups is 1. The van der Waals surface area contributed by atoms with Gasteiger partial charge in [-0.1, -0.05) is 23.2 Å². The van der Waals surface area contributed by atoms with Crippen LogP contribution < -0.4 is 59.0 Å². The Bertz CT molecular complexity index is 6490. The number of alkyl halides is 6. The summed E-state index contributed by atoms with van der Waals surface area (Å²) in [4.78, 5) is 72.4. The number of benzene rings is 8. The van der Waals surface area contributed by atoms with E-state index in [-0.39, 0.29) is 130 Å². The smallest absolute Gasteiger partial charge is 0.512 e. The Labute approximate surface area is 746 Å². The molecule has 1 fully saturated rings. The zero-order chi connectivity index (χ0) is 90.5. The largest absolute Gasteiger partial charge is 2.00 e. The molecule has 0 spiro atoms. The first kappa shape index (κ1) is 103. The normalized spacial score (nSPS) is 11.3. The van der Waals surface area contributed by atoms with Gasteiger partial charge in [-0.15, -0.1) is 47.3 Å². The van der Waals surface area contributed by atoms with E-state index in [1.165, 1.54) is 124 Å². The number of ether oxygens (including phenoxy) is 6. The van der Waals surface area contributed by atoms with Gasteiger partial charge in [-0.2, -0.15) is 58.1 Å². The summed E-state index contributed by atoms with van der Waals surface area (Å²) < 4.78 is 168. The molecule has 638 valence electrons. The van der Waals surface area contributed by atoms with Crippen LogP contribution in [0.2, 0.25) is 10.0 Å². The van der Waals surface area contributed by atoms with Crippen LogP contribution in [-0.4, -0.2) is 124 Å². The molecule has 123 heavy (non-hydrogen) atoms. The maximum atomic E-state index is 13.1. The van der Waals surface area contributed by atoms with E-state index in [1.807, 2.05) is 12.1 Å². The van der Waals surface area contributed by atoms with Crippen LogP contribution in [-0.2, 0) is 49.3 Å². The second kappa shape index (κ2) is 45.3. The van der Waals surface area contributed by atoms with E-state index in [0.29, 0.717) is 66.0 Å². The van der Waals surface area contributed by atoms with Crippen molar-refractivity contribution in [2.45, 2.75) is 30.8 Å². The number of halogens is 12. The molecular weight excluding hydrogens is 1990 g/mol.